The van der Waals surface area contributed by atoms with Gasteiger partial charge in [0.15, 0.2) is 0 Å². The molecule has 0 aliphatic heterocycles. The first-order valence-corrected chi connectivity index (χ1v) is 5.88. The maximum Gasteiger partial charge on any atom is 0.237 e. The lowest BCUT2D eigenvalue weighted by atomic mass is 9.86. The third-order valence-corrected chi connectivity index (χ3v) is 3.40. The van der Waals surface area contributed by atoms with E-state index < -0.39 is 6.04 Å². The fourth-order valence-corrected chi connectivity index (χ4v) is 2.03. The molecule has 0 aromatic heterocycles. The minimum Gasteiger partial charge on any atom is -0.352 e. The quantitative estimate of drug-likeness (QED) is 0.731. The minimum absolute atomic E-state index is 0.00116. The summed E-state index contributed by atoms with van der Waals surface area (Å²) in [5, 5.41) is 3.07. The normalized spacial score (nSPS) is 28.9. The van der Waals surface area contributed by atoms with E-state index in [2.05, 4.69) is 12.2 Å². The number of hydrogen-bond donors (Lipinski definition) is 2. The molecule has 0 aromatic rings. The van der Waals surface area contributed by atoms with E-state index in [-0.39, 0.29) is 11.3 Å². The van der Waals surface area contributed by atoms with Crippen LogP contribution in [0.4, 0.5) is 0 Å². The molecule has 3 atom stereocenters. The smallest absolute Gasteiger partial charge is 0.237 e. The van der Waals surface area contributed by atoms with Crippen molar-refractivity contribution in [2.75, 3.05) is 0 Å². The molecule has 2 unspecified atom stereocenters. The van der Waals surface area contributed by atoms with Crippen molar-refractivity contribution in [2.24, 2.45) is 17.1 Å². The van der Waals surface area contributed by atoms with Gasteiger partial charge in [0.1, 0.15) is 0 Å². The van der Waals surface area contributed by atoms with Gasteiger partial charge in [0, 0.05) is 6.04 Å². The lowest BCUT2D eigenvalue weighted by Gasteiger charge is -2.28. The fourth-order valence-electron chi connectivity index (χ4n) is 2.03. The predicted molar refractivity (Wildman–Crippen MR) is 62.4 cm³/mol. The maximum absolute atomic E-state index is 11.9. The van der Waals surface area contributed by atoms with Gasteiger partial charge in [0.2, 0.25) is 5.91 Å². The highest BCUT2D eigenvalue weighted by Crippen LogP contribution is 2.25. The van der Waals surface area contributed by atoms with Crippen LogP contribution < -0.4 is 11.1 Å². The molecule has 0 bridgehead atoms. The van der Waals surface area contributed by atoms with Gasteiger partial charge in [0.05, 0.1) is 6.04 Å². The number of hydrogen-bond acceptors (Lipinski definition) is 2. The molecule has 88 valence electrons. The Morgan fingerprint density at radius 3 is 2.40 bits per heavy atom. The van der Waals surface area contributed by atoms with Crippen LogP contribution in [0.2, 0.25) is 0 Å². The first-order valence-electron chi connectivity index (χ1n) is 5.88. The Morgan fingerprint density at radius 2 is 2.00 bits per heavy atom. The molecule has 3 N–H and O–H groups in total. The summed E-state index contributed by atoms with van der Waals surface area (Å²) in [6, 6.07) is -0.0730. The van der Waals surface area contributed by atoms with Crippen molar-refractivity contribution < 1.29 is 4.79 Å². The van der Waals surface area contributed by atoms with Crippen LogP contribution in [0.5, 0.6) is 0 Å². The zero-order valence-electron chi connectivity index (χ0n) is 10.3. The molecule has 0 radical (unpaired) electrons. The number of carbonyl (C=O) groups is 1. The van der Waals surface area contributed by atoms with Gasteiger partial charge in [-0.05, 0) is 24.2 Å². The average Bonchev–Trinajstić information content (AvgIpc) is 2.49. The minimum atomic E-state index is -0.412. The summed E-state index contributed by atoms with van der Waals surface area (Å²) in [6.07, 6.45) is 3.54. The van der Waals surface area contributed by atoms with E-state index in [1.165, 1.54) is 12.8 Å². The zero-order valence-corrected chi connectivity index (χ0v) is 10.3. The Kier molecular flexibility index (Phi) is 3.77. The third kappa shape index (κ3) is 3.20. The molecule has 1 aliphatic rings. The lowest BCUT2D eigenvalue weighted by Crippen LogP contribution is -2.51. The van der Waals surface area contributed by atoms with E-state index in [0.29, 0.717) is 12.0 Å². The zero-order chi connectivity index (χ0) is 11.6. The second-order valence-corrected chi connectivity index (χ2v) is 5.87. The number of amides is 1. The Balaban J connectivity index is 2.48. The summed E-state index contributed by atoms with van der Waals surface area (Å²) in [6.45, 7) is 8.18. The van der Waals surface area contributed by atoms with E-state index >= 15 is 0 Å². The lowest BCUT2D eigenvalue weighted by molar-refractivity contribution is -0.125. The van der Waals surface area contributed by atoms with Crippen LogP contribution in [0.3, 0.4) is 0 Å². The molecule has 1 amide bonds. The summed E-state index contributed by atoms with van der Waals surface area (Å²) < 4.78 is 0. The molecule has 15 heavy (non-hydrogen) atoms. The van der Waals surface area contributed by atoms with Gasteiger partial charge in [-0.15, -0.1) is 0 Å². The Bertz CT molecular complexity index is 232. The highest BCUT2D eigenvalue weighted by atomic mass is 16.2. The van der Waals surface area contributed by atoms with Crippen molar-refractivity contribution in [2.45, 2.75) is 59.0 Å². The van der Waals surface area contributed by atoms with Crippen LogP contribution in [0.15, 0.2) is 0 Å². The highest BCUT2D eigenvalue weighted by Gasteiger charge is 2.31. The van der Waals surface area contributed by atoms with Gasteiger partial charge in [-0.1, -0.05) is 34.1 Å². The molecule has 1 saturated carbocycles. The highest BCUT2D eigenvalue weighted by molar-refractivity contribution is 5.82. The summed E-state index contributed by atoms with van der Waals surface area (Å²) >= 11 is 0. The van der Waals surface area contributed by atoms with Crippen LogP contribution >= 0.6 is 0 Å². The molecule has 1 aliphatic carbocycles. The second-order valence-electron chi connectivity index (χ2n) is 5.87. The van der Waals surface area contributed by atoms with Crippen molar-refractivity contribution in [3.63, 3.8) is 0 Å². The molecule has 0 aromatic carbocycles. The van der Waals surface area contributed by atoms with Crippen molar-refractivity contribution in [1.29, 1.82) is 0 Å². The summed E-state index contributed by atoms with van der Waals surface area (Å²) in [5.41, 5.74) is 5.74. The van der Waals surface area contributed by atoms with Crippen LogP contribution in [0.25, 0.3) is 0 Å². The number of nitrogens with one attached hydrogen (secondary N) is 1. The van der Waals surface area contributed by atoms with Crippen molar-refractivity contribution in [3.05, 3.63) is 0 Å². The number of rotatable bonds is 2. The molecule has 1 fully saturated rings. The number of nitrogens with two attached hydrogens (primary N) is 1. The van der Waals surface area contributed by atoms with Gasteiger partial charge >= 0.3 is 0 Å². The predicted octanol–water partition coefficient (Wildman–Crippen LogP) is 1.66. The van der Waals surface area contributed by atoms with E-state index in [0.717, 1.165) is 6.42 Å². The molecule has 1 rings (SSSR count). The standard InChI is InChI=1S/C12H24N2O/c1-8-6-5-7-9(8)14-11(15)10(13)12(2,3)4/h8-10H,5-7,13H2,1-4H3,(H,14,15)/t8?,9?,10-/m0/s1. The van der Waals surface area contributed by atoms with Gasteiger partial charge in [-0.2, -0.15) is 0 Å². The van der Waals surface area contributed by atoms with Gasteiger partial charge in [-0.25, -0.2) is 0 Å². The van der Waals surface area contributed by atoms with Crippen LogP contribution in [-0.2, 0) is 4.79 Å². The van der Waals surface area contributed by atoms with Gasteiger partial charge < -0.3 is 11.1 Å². The van der Waals surface area contributed by atoms with Crippen molar-refractivity contribution in [1.82, 2.24) is 5.32 Å². The van der Waals surface area contributed by atoms with E-state index in [4.69, 9.17) is 5.73 Å². The Labute approximate surface area is 92.8 Å². The topological polar surface area (TPSA) is 55.1 Å². The van der Waals surface area contributed by atoms with E-state index in [1.807, 2.05) is 20.8 Å². The molecule has 0 saturated heterocycles. The van der Waals surface area contributed by atoms with Crippen molar-refractivity contribution >= 4 is 5.91 Å². The first-order chi connectivity index (χ1) is 6.82. The first kappa shape index (κ1) is 12.5. The van der Waals surface area contributed by atoms with Crippen molar-refractivity contribution in [3.8, 4) is 0 Å². The molecule has 3 heteroatoms. The fraction of sp³-hybridized carbons (Fsp3) is 0.917. The van der Waals surface area contributed by atoms with E-state index in [1.54, 1.807) is 0 Å². The second kappa shape index (κ2) is 4.52. The Hall–Kier alpha value is -0.570. The molecule has 0 spiro atoms. The molecular weight excluding hydrogens is 188 g/mol. The average molecular weight is 212 g/mol. The van der Waals surface area contributed by atoms with Gasteiger partial charge in [0.25, 0.3) is 0 Å². The maximum atomic E-state index is 11.9. The monoisotopic (exact) mass is 212 g/mol. The molecule has 3 nitrogen and oxygen atoms in total. The SMILES string of the molecule is CC1CCCC1NC(=O)[C@H](N)C(C)(C)C. The van der Waals surface area contributed by atoms with Crippen LogP contribution in [-0.4, -0.2) is 18.0 Å². The summed E-state index contributed by atoms with van der Waals surface area (Å²) in [5.74, 6) is 0.599. The van der Waals surface area contributed by atoms with Gasteiger partial charge in [-0.3, -0.25) is 4.79 Å². The molecular formula is C12H24N2O. The Morgan fingerprint density at radius 1 is 1.40 bits per heavy atom. The summed E-state index contributed by atoms with van der Waals surface area (Å²) in [7, 11) is 0. The summed E-state index contributed by atoms with van der Waals surface area (Å²) in [4.78, 5) is 11.9. The number of carbonyl (C=O) groups excluding carboxylic acids is 1. The van der Waals surface area contributed by atoms with Crippen LogP contribution in [0.1, 0.15) is 47.0 Å². The largest absolute Gasteiger partial charge is 0.352 e. The third-order valence-electron chi connectivity index (χ3n) is 3.40. The van der Waals surface area contributed by atoms with E-state index in [9.17, 15) is 4.79 Å². The van der Waals surface area contributed by atoms with Crippen LogP contribution in [0, 0.1) is 11.3 Å². The molecule has 0 heterocycles.